The van der Waals surface area contributed by atoms with Gasteiger partial charge in [-0.1, -0.05) is 13.3 Å². The van der Waals surface area contributed by atoms with Crippen molar-refractivity contribution in [2.24, 2.45) is 0 Å². The molecular weight excluding hydrogens is 284 g/mol. The van der Waals surface area contributed by atoms with Crippen LogP contribution >= 0.6 is 0 Å². The van der Waals surface area contributed by atoms with Gasteiger partial charge in [-0.2, -0.15) is 5.26 Å². The smallest absolute Gasteiger partial charge is 0.144 e. The lowest BCUT2D eigenvalue weighted by atomic mass is 9.87. The molecule has 0 bridgehead atoms. The minimum Gasteiger partial charge on any atom is -0.365 e. The van der Waals surface area contributed by atoms with Crippen LogP contribution in [0.15, 0.2) is 24.5 Å². The zero-order valence-electron chi connectivity index (χ0n) is 13.6. The number of nitrogens with zero attached hydrogens (tertiary/aromatic N) is 3. The largest absolute Gasteiger partial charge is 0.365 e. The molecule has 4 heteroatoms. The van der Waals surface area contributed by atoms with E-state index in [2.05, 4.69) is 23.3 Å². The summed E-state index contributed by atoms with van der Waals surface area (Å²) in [5, 5.41) is 13.0. The first-order chi connectivity index (χ1) is 11.3. The van der Waals surface area contributed by atoms with E-state index in [1.165, 1.54) is 29.7 Å². The van der Waals surface area contributed by atoms with E-state index in [4.69, 9.17) is 4.98 Å². The minimum atomic E-state index is 0.661. The van der Waals surface area contributed by atoms with Crippen molar-refractivity contribution in [2.75, 3.05) is 5.32 Å². The first kappa shape index (κ1) is 15.5. The Hall–Kier alpha value is -2.41. The number of pyridine rings is 2. The number of aromatic nitrogens is 2. The molecule has 0 spiro atoms. The van der Waals surface area contributed by atoms with Gasteiger partial charge >= 0.3 is 0 Å². The second kappa shape index (κ2) is 7.23. The van der Waals surface area contributed by atoms with Gasteiger partial charge in [0.2, 0.25) is 0 Å². The summed E-state index contributed by atoms with van der Waals surface area (Å²) in [4.78, 5) is 8.85. The maximum absolute atomic E-state index is 9.65. The fourth-order valence-electron chi connectivity index (χ4n) is 3.28. The maximum atomic E-state index is 9.65. The molecule has 2 aromatic heterocycles. The van der Waals surface area contributed by atoms with Crippen LogP contribution in [-0.2, 0) is 25.8 Å². The fraction of sp³-hybridized carbons (Fsp3) is 0.421. The zero-order chi connectivity index (χ0) is 16.1. The number of nitriles is 1. The Bertz CT molecular complexity index is 716. The quantitative estimate of drug-likeness (QED) is 0.913. The van der Waals surface area contributed by atoms with E-state index < -0.39 is 0 Å². The number of hydrogen-bond donors (Lipinski definition) is 1. The second-order valence-corrected chi connectivity index (χ2v) is 6.02. The fourth-order valence-corrected chi connectivity index (χ4v) is 3.28. The molecule has 0 aliphatic heterocycles. The van der Waals surface area contributed by atoms with Crippen LogP contribution in [0.1, 0.15) is 54.1 Å². The summed E-state index contributed by atoms with van der Waals surface area (Å²) < 4.78 is 0. The van der Waals surface area contributed by atoms with Crippen LogP contribution < -0.4 is 5.32 Å². The Kier molecular flexibility index (Phi) is 4.87. The first-order valence-electron chi connectivity index (χ1n) is 8.41. The van der Waals surface area contributed by atoms with Gasteiger partial charge in [0.05, 0.1) is 5.56 Å². The highest BCUT2D eigenvalue weighted by Gasteiger charge is 2.21. The number of nitrogens with one attached hydrogen (secondary N) is 1. The van der Waals surface area contributed by atoms with Crippen LogP contribution in [0, 0.1) is 11.3 Å². The van der Waals surface area contributed by atoms with Gasteiger partial charge in [-0.3, -0.25) is 4.98 Å². The van der Waals surface area contributed by atoms with Crippen molar-refractivity contribution in [3.05, 3.63) is 52.5 Å². The van der Waals surface area contributed by atoms with Crippen molar-refractivity contribution in [3.63, 3.8) is 0 Å². The highest BCUT2D eigenvalue weighted by atomic mass is 15.0. The second-order valence-electron chi connectivity index (χ2n) is 6.02. The van der Waals surface area contributed by atoms with E-state index in [0.29, 0.717) is 6.54 Å². The molecule has 0 saturated heterocycles. The summed E-state index contributed by atoms with van der Waals surface area (Å²) >= 11 is 0. The number of aryl methyl sites for hydroxylation is 1. The monoisotopic (exact) mass is 306 g/mol. The van der Waals surface area contributed by atoms with Crippen LogP contribution in [0.5, 0.6) is 0 Å². The molecule has 3 rings (SSSR count). The lowest BCUT2D eigenvalue weighted by molar-refractivity contribution is 0.667. The average molecular weight is 306 g/mol. The van der Waals surface area contributed by atoms with Crippen molar-refractivity contribution in [1.82, 2.24) is 9.97 Å². The van der Waals surface area contributed by atoms with E-state index in [9.17, 15) is 5.26 Å². The predicted octanol–water partition coefficient (Wildman–Crippen LogP) is 3.79. The maximum Gasteiger partial charge on any atom is 0.144 e. The predicted molar refractivity (Wildman–Crippen MR) is 91.2 cm³/mol. The topological polar surface area (TPSA) is 61.6 Å². The highest BCUT2D eigenvalue weighted by Crippen LogP contribution is 2.31. The van der Waals surface area contributed by atoms with E-state index in [1.807, 2.05) is 12.1 Å². The summed E-state index contributed by atoms with van der Waals surface area (Å²) in [6.07, 6.45) is 10.1. The van der Waals surface area contributed by atoms with Gasteiger partial charge < -0.3 is 5.32 Å². The van der Waals surface area contributed by atoms with Crippen molar-refractivity contribution in [1.29, 1.82) is 5.26 Å². The third-order valence-electron chi connectivity index (χ3n) is 4.41. The van der Waals surface area contributed by atoms with E-state index in [-0.39, 0.29) is 0 Å². The molecule has 118 valence electrons. The number of hydrogen-bond acceptors (Lipinski definition) is 4. The van der Waals surface area contributed by atoms with Gasteiger partial charge in [-0.15, -0.1) is 0 Å². The standard InChI is InChI=1S/C19H22N4/c1-2-5-18-16-7-4-3-6-15(16)17(12-20)19(23-18)22-13-14-8-10-21-11-9-14/h8-11H,2-7,13H2,1H3,(H,22,23). The van der Waals surface area contributed by atoms with E-state index in [0.717, 1.165) is 42.6 Å². The molecular formula is C19H22N4. The number of fused-ring (bicyclic) bond motifs is 1. The van der Waals surface area contributed by atoms with Gasteiger partial charge in [0.25, 0.3) is 0 Å². The Balaban J connectivity index is 1.95. The molecule has 1 N–H and O–H groups in total. The van der Waals surface area contributed by atoms with Crippen LogP contribution in [0.3, 0.4) is 0 Å². The molecule has 2 heterocycles. The SMILES string of the molecule is CCCc1nc(NCc2ccncc2)c(C#N)c2c1CCCC2. The van der Waals surface area contributed by atoms with Crippen LogP contribution in [0.25, 0.3) is 0 Å². The Morgan fingerprint density at radius 1 is 1.17 bits per heavy atom. The molecule has 1 aliphatic rings. The van der Waals surface area contributed by atoms with Crippen LogP contribution in [0.4, 0.5) is 5.82 Å². The van der Waals surface area contributed by atoms with Gasteiger partial charge in [-0.25, -0.2) is 4.98 Å². The lowest BCUT2D eigenvalue weighted by Gasteiger charge is -2.22. The summed E-state index contributed by atoms with van der Waals surface area (Å²) in [6, 6.07) is 6.35. The highest BCUT2D eigenvalue weighted by molar-refractivity contribution is 5.60. The molecule has 0 atom stereocenters. The molecule has 4 nitrogen and oxygen atoms in total. The number of anilines is 1. The van der Waals surface area contributed by atoms with Gasteiger partial charge in [-0.05, 0) is 60.9 Å². The average Bonchev–Trinajstić information content (AvgIpc) is 2.61. The summed E-state index contributed by atoms with van der Waals surface area (Å²) in [5.41, 5.74) is 5.63. The molecule has 2 aromatic rings. The van der Waals surface area contributed by atoms with Crippen molar-refractivity contribution >= 4 is 5.82 Å². The molecule has 23 heavy (non-hydrogen) atoms. The van der Waals surface area contributed by atoms with Crippen molar-refractivity contribution < 1.29 is 0 Å². The van der Waals surface area contributed by atoms with Gasteiger partial charge in [0.1, 0.15) is 11.9 Å². The van der Waals surface area contributed by atoms with Crippen molar-refractivity contribution in [3.8, 4) is 6.07 Å². The molecule has 0 aromatic carbocycles. The first-order valence-corrected chi connectivity index (χ1v) is 8.41. The molecule has 0 amide bonds. The van der Waals surface area contributed by atoms with Crippen LogP contribution in [0.2, 0.25) is 0 Å². The van der Waals surface area contributed by atoms with Crippen LogP contribution in [-0.4, -0.2) is 9.97 Å². The van der Waals surface area contributed by atoms with Gasteiger partial charge in [0.15, 0.2) is 0 Å². The van der Waals surface area contributed by atoms with Crippen molar-refractivity contribution in [2.45, 2.75) is 52.0 Å². The normalized spacial score (nSPS) is 13.2. The molecule has 1 aliphatic carbocycles. The summed E-state index contributed by atoms with van der Waals surface area (Å²) in [6.45, 7) is 2.84. The molecule has 0 fully saturated rings. The Labute approximate surface area is 137 Å². The zero-order valence-corrected chi connectivity index (χ0v) is 13.6. The lowest BCUT2D eigenvalue weighted by Crippen LogP contribution is -2.15. The Morgan fingerprint density at radius 3 is 2.61 bits per heavy atom. The van der Waals surface area contributed by atoms with E-state index in [1.54, 1.807) is 12.4 Å². The van der Waals surface area contributed by atoms with E-state index >= 15 is 0 Å². The number of rotatable bonds is 5. The minimum absolute atomic E-state index is 0.661. The third-order valence-corrected chi connectivity index (χ3v) is 4.41. The third kappa shape index (κ3) is 3.34. The molecule has 0 saturated carbocycles. The summed E-state index contributed by atoms with van der Waals surface area (Å²) in [7, 11) is 0. The molecule has 0 unspecified atom stereocenters. The molecule has 0 radical (unpaired) electrons. The Morgan fingerprint density at radius 2 is 1.91 bits per heavy atom. The van der Waals surface area contributed by atoms with Gasteiger partial charge in [0, 0.05) is 24.6 Å². The summed E-state index contributed by atoms with van der Waals surface area (Å²) in [5.74, 6) is 0.744.